The zero-order valence-corrected chi connectivity index (χ0v) is 17.7. The van der Waals surface area contributed by atoms with Gasteiger partial charge in [-0.2, -0.15) is 5.26 Å². The minimum Gasteiger partial charge on any atom is -0.466 e. The minimum absolute atomic E-state index is 0.104. The highest BCUT2D eigenvalue weighted by Gasteiger charge is 2.20. The number of aryl methyl sites for hydroxylation is 3. The molecule has 3 heterocycles. The van der Waals surface area contributed by atoms with Gasteiger partial charge in [-0.1, -0.05) is 0 Å². The number of rotatable bonds is 5. The number of carbonyl (C=O) groups excluding carboxylic acids is 2. The van der Waals surface area contributed by atoms with Gasteiger partial charge in [0.1, 0.15) is 23.2 Å². The second kappa shape index (κ2) is 9.01. The van der Waals surface area contributed by atoms with Crippen molar-refractivity contribution in [3.63, 3.8) is 0 Å². The number of nitriles is 1. The van der Waals surface area contributed by atoms with Crippen molar-refractivity contribution in [1.29, 1.82) is 5.26 Å². The first-order valence-corrected chi connectivity index (χ1v) is 9.88. The molecule has 0 spiro atoms. The van der Waals surface area contributed by atoms with E-state index in [1.54, 1.807) is 19.9 Å². The molecule has 0 aromatic carbocycles. The molecule has 1 unspecified atom stereocenters. The number of carbonyl (C=O) groups is 2. The number of amides is 2. The van der Waals surface area contributed by atoms with Crippen molar-refractivity contribution in [1.82, 2.24) is 15.4 Å². The molecule has 2 aromatic heterocycles. The average Bonchev–Trinajstić information content (AvgIpc) is 3.40. The van der Waals surface area contributed by atoms with Gasteiger partial charge in [-0.25, -0.2) is 0 Å². The fourth-order valence-electron chi connectivity index (χ4n) is 3.66. The summed E-state index contributed by atoms with van der Waals surface area (Å²) in [6.45, 7) is 8.87. The average molecular weight is 410 g/mol. The SMILES string of the molecule is Cc1cc(C(=O)NNC(=O)/C(C#N)=C/c2cc(C)n(CC3CCCO3)c2C)c(C)o1. The first-order chi connectivity index (χ1) is 14.3. The van der Waals surface area contributed by atoms with Crippen molar-refractivity contribution in [3.8, 4) is 6.07 Å². The first-order valence-electron chi connectivity index (χ1n) is 9.88. The van der Waals surface area contributed by atoms with Gasteiger partial charge in [0.15, 0.2) is 0 Å². The van der Waals surface area contributed by atoms with E-state index in [-0.39, 0.29) is 11.7 Å². The summed E-state index contributed by atoms with van der Waals surface area (Å²) in [4.78, 5) is 24.6. The maximum atomic E-state index is 12.4. The maximum Gasteiger partial charge on any atom is 0.280 e. The van der Waals surface area contributed by atoms with E-state index in [2.05, 4.69) is 15.4 Å². The van der Waals surface area contributed by atoms with Crippen LogP contribution in [0, 0.1) is 39.0 Å². The van der Waals surface area contributed by atoms with Crippen LogP contribution in [-0.4, -0.2) is 29.1 Å². The van der Waals surface area contributed by atoms with Crippen LogP contribution in [0.1, 0.15) is 51.7 Å². The molecule has 8 nitrogen and oxygen atoms in total. The largest absolute Gasteiger partial charge is 0.466 e. The molecule has 2 aromatic rings. The van der Waals surface area contributed by atoms with Crippen LogP contribution < -0.4 is 10.9 Å². The molecule has 2 amide bonds. The standard InChI is InChI=1S/C22H26N4O4/c1-13-8-17(15(3)26(13)12-19-6-5-7-29-19)10-18(11-23)21(27)24-25-22(28)20-9-14(2)30-16(20)4/h8-10,19H,5-7,12H2,1-4H3,(H,24,27)(H,25,28)/b18-10+. The van der Waals surface area contributed by atoms with Crippen molar-refractivity contribution in [2.45, 2.75) is 53.2 Å². The summed E-state index contributed by atoms with van der Waals surface area (Å²) in [6.07, 6.45) is 3.82. The predicted octanol–water partition coefficient (Wildman–Crippen LogP) is 2.86. The summed E-state index contributed by atoms with van der Waals surface area (Å²) >= 11 is 0. The Kier molecular flexibility index (Phi) is 6.43. The molecule has 30 heavy (non-hydrogen) atoms. The van der Waals surface area contributed by atoms with Gasteiger partial charge in [-0.15, -0.1) is 0 Å². The van der Waals surface area contributed by atoms with Crippen LogP contribution in [0.15, 0.2) is 22.1 Å². The molecule has 0 saturated carbocycles. The van der Waals surface area contributed by atoms with E-state index < -0.39 is 11.8 Å². The van der Waals surface area contributed by atoms with E-state index in [4.69, 9.17) is 9.15 Å². The Balaban J connectivity index is 1.70. The molecule has 0 aliphatic carbocycles. The summed E-state index contributed by atoms with van der Waals surface area (Å²) in [5.41, 5.74) is 7.61. The van der Waals surface area contributed by atoms with Gasteiger partial charge < -0.3 is 13.7 Å². The van der Waals surface area contributed by atoms with E-state index >= 15 is 0 Å². The number of hydrogen-bond acceptors (Lipinski definition) is 5. The van der Waals surface area contributed by atoms with E-state index in [0.29, 0.717) is 17.1 Å². The quantitative estimate of drug-likeness (QED) is 0.447. The number of hydrogen-bond donors (Lipinski definition) is 2. The third kappa shape index (κ3) is 4.63. The number of nitrogens with zero attached hydrogens (tertiary/aromatic N) is 2. The molecule has 8 heteroatoms. The summed E-state index contributed by atoms with van der Waals surface area (Å²) in [7, 11) is 0. The zero-order chi connectivity index (χ0) is 21.8. The van der Waals surface area contributed by atoms with E-state index in [1.807, 2.05) is 26.0 Å². The smallest absolute Gasteiger partial charge is 0.280 e. The molecule has 1 fully saturated rings. The Hall–Kier alpha value is -3.31. The van der Waals surface area contributed by atoms with Crippen LogP contribution in [0.5, 0.6) is 0 Å². The predicted molar refractivity (Wildman–Crippen MR) is 110 cm³/mol. The third-order valence-corrected chi connectivity index (χ3v) is 5.26. The van der Waals surface area contributed by atoms with Gasteiger partial charge in [0, 0.05) is 24.5 Å². The monoisotopic (exact) mass is 410 g/mol. The topological polar surface area (TPSA) is 109 Å². The van der Waals surface area contributed by atoms with Crippen molar-refractivity contribution >= 4 is 17.9 Å². The second-order valence-electron chi connectivity index (χ2n) is 7.48. The highest BCUT2D eigenvalue weighted by atomic mass is 16.5. The highest BCUT2D eigenvalue weighted by Crippen LogP contribution is 2.22. The van der Waals surface area contributed by atoms with Gasteiger partial charge in [-0.3, -0.25) is 20.4 Å². The number of ether oxygens (including phenoxy) is 1. The van der Waals surface area contributed by atoms with Gasteiger partial charge >= 0.3 is 0 Å². The lowest BCUT2D eigenvalue weighted by atomic mass is 10.1. The first kappa shape index (κ1) is 21.4. The van der Waals surface area contributed by atoms with Crippen LogP contribution >= 0.6 is 0 Å². The fourth-order valence-corrected chi connectivity index (χ4v) is 3.66. The number of aromatic nitrogens is 1. The van der Waals surface area contributed by atoms with Crippen LogP contribution in [0.4, 0.5) is 0 Å². The number of furan rings is 1. The van der Waals surface area contributed by atoms with Gasteiger partial charge in [0.2, 0.25) is 0 Å². The molecule has 2 N–H and O–H groups in total. The van der Waals surface area contributed by atoms with Crippen molar-refractivity contribution < 1.29 is 18.7 Å². The lowest BCUT2D eigenvalue weighted by Crippen LogP contribution is -2.42. The third-order valence-electron chi connectivity index (χ3n) is 5.26. The Labute approximate surface area is 175 Å². The Morgan fingerprint density at radius 1 is 1.27 bits per heavy atom. The molecule has 1 saturated heterocycles. The van der Waals surface area contributed by atoms with Gasteiger partial charge in [-0.05, 0) is 64.3 Å². The maximum absolute atomic E-state index is 12.4. The van der Waals surface area contributed by atoms with E-state index in [0.717, 1.165) is 42.9 Å². The van der Waals surface area contributed by atoms with Crippen molar-refractivity contribution in [2.24, 2.45) is 0 Å². The van der Waals surface area contributed by atoms with E-state index in [1.165, 1.54) is 6.08 Å². The van der Waals surface area contributed by atoms with Crippen molar-refractivity contribution in [2.75, 3.05) is 6.61 Å². The normalized spacial score (nSPS) is 16.4. The van der Waals surface area contributed by atoms with E-state index in [9.17, 15) is 14.9 Å². The van der Waals surface area contributed by atoms with Gasteiger partial charge in [0.25, 0.3) is 11.8 Å². The Bertz CT molecular complexity index is 1030. The Morgan fingerprint density at radius 2 is 2.03 bits per heavy atom. The molecule has 1 aliphatic heterocycles. The minimum atomic E-state index is -0.687. The fraction of sp³-hybridized carbons (Fsp3) is 0.409. The van der Waals surface area contributed by atoms with Crippen LogP contribution in [0.3, 0.4) is 0 Å². The Morgan fingerprint density at radius 3 is 2.63 bits per heavy atom. The number of nitrogens with one attached hydrogen (secondary N) is 2. The summed E-state index contributed by atoms with van der Waals surface area (Å²) in [6, 6.07) is 5.42. The highest BCUT2D eigenvalue weighted by molar-refractivity contribution is 6.04. The lowest BCUT2D eigenvalue weighted by Gasteiger charge is -2.14. The lowest BCUT2D eigenvalue weighted by molar-refractivity contribution is -0.117. The van der Waals surface area contributed by atoms with Crippen LogP contribution in [-0.2, 0) is 16.1 Å². The van der Waals surface area contributed by atoms with Crippen molar-refractivity contribution in [3.05, 3.63) is 51.7 Å². The molecule has 3 rings (SSSR count). The second-order valence-corrected chi connectivity index (χ2v) is 7.48. The molecule has 1 aliphatic rings. The summed E-state index contributed by atoms with van der Waals surface area (Å²) < 4.78 is 13.2. The summed E-state index contributed by atoms with van der Waals surface area (Å²) in [5, 5.41) is 9.45. The molecule has 0 radical (unpaired) electrons. The van der Waals surface area contributed by atoms with Crippen LogP contribution in [0.25, 0.3) is 6.08 Å². The zero-order valence-electron chi connectivity index (χ0n) is 17.7. The molecular formula is C22H26N4O4. The van der Waals surface area contributed by atoms with Crippen LogP contribution in [0.2, 0.25) is 0 Å². The molecule has 0 bridgehead atoms. The van der Waals surface area contributed by atoms with Gasteiger partial charge in [0.05, 0.1) is 11.7 Å². The number of hydrazine groups is 1. The molecular weight excluding hydrogens is 384 g/mol. The molecule has 1 atom stereocenters. The summed E-state index contributed by atoms with van der Waals surface area (Å²) in [5.74, 6) is -0.147. The molecule has 158 valence electrons.